The molecule has 0 aliphatic carbocycles. The lowest BCUT2D eigenvalue weighted by molar-refractivity contribution is -0.0969. The second kappa shape index (κ2) is 8.38. The zero-order chi connectivity index (χ0) is 17.5. The van der Waals surface area contributed by atoms with Crippen molar-refractivity contribution in [2.45, 2.75) is 26.7 Å². The lowest BCUT2D eigenvalue weighted by atomic mass is 10.2. The molecule has 0 aliphatic rings. The van der Waals surface area contributed by atoms with Crippen molar-refractivity contribution in [2.75, 3.05) is 13.2 Å². The van der Waals surface area contributed by atoms with Crippen molar-refractivity contribution in [3.8, 4) is 11.8 Å². The van der Waals surface area contributed by atoms with Crippen LogP contribution in [0, 0.1) is 11.8 Å². The van der Waals surface area contributed by atoms with Crippen LogP contribution in [-0.4, -0.2) is 39.0 Å². The van der Waals surface area contributed by atoms with Crippen LogP contribution in [0.25, 0.3) is 11.2 Å². The Morgan fingerprint density at radius 1 is 1.04 bits per heavy atom. The fourth-order valence-electron chi connectivity index (χ4n) is 2.43. The van der Waals surface area contributed by atoms with E-state index in [0.717, 1.165) is 5.65 Å². The van der Waals surface area contributed by atoms with Crippen molar-refractivity contribution in [1.29, 1.82) is 0 Å². The van der Waals surface area contributed by atoms with Gasteiger partial charge in [0.2, 0.25) is 6.29 Å². The standard InChI is InChI=1S/C19H20N4O2/c1-3-24-17(25-4-2)11-10-16-18-19(21-13-20-16)23(14-22-18)12-15-8-6-5-7-9-15/h5-9,13-14,17H,3-4,12H2,1-2H3. The van der Waals surface area contributed by atoms with Crippen molar-refractivity contribution in [3.63, 3.8) is 0 Å². The molecule has 0 saturated carbocycles. The SMILES string of the molecule is CCOC(C#Cc1ncnc2c1ncn2Cc1ccccc1)OCC. The normalized spacial score (nSPS) is 10.8. The van der Waals surface area contributed by atoms with Crippen LogP contribution in [-0.2, 0) is 16.0 Å². The lowest BCUT2D eigenvalue weighted by Gasteiger charge is -2.09. The molecule has 25 heavy (non-hydrogen) atoms. The summed E-state index contributed by atoms with van der Waals surface area (Å²) < 4.78 is 12.9. The third-order valence-electron chi connectivity index (χ3n) is 3.54. The highest BCUT2D eigenvalue weighted by Crippen LogP contribution is 2.14. The third kappa shape index (κ3) is 4.21. The molecule has 0 amide bonds. The van der Waals surface area contributed by atoms with E-state index in [4.69, 9.17) is 9.47 Å². The Hall–Kier alpha value is -2.75. The number of fused-ring (bicyclic) bond motifs is 1. The Kier molecular flexibility index (Phi) is 5.73. The monoisotopic (exact) mass is 336 g/mol. The Morgan fingerprint density at radius 3 is 2.52 bits per heavy atom. The van der Waals surface area contributed by atoms with Crippen LogP contribution >= 0.6 is 0 Å². The topological polar surface area (TPSA) is 62.1 Å². The molecule has 3 aromatic rings. The maximum absolute atomic E-state index is 5.44. The second-order valence-electron chi connectivity index (χ2n) is 5.26. The first-order chi connectivity index (χ1) is 12.3. The summed E-state index contributed by atoms with van der Waals surface area (Å²) in [4.78, 5) is 13.0. The highest BCUT2D eigenvalue weighted by molar-refractivity contribution is 5.76. The van der Waals surface area contributed by atoms with Crippen LogP contribution in [0.3, 0.4) is 0 Å². The molecule has 0 atom stereocenters. The first-order valence-corrected chi connectivity index (χ1v) is 8.26. The first-order valence-electron chi connectivity index (χ1n) is 8.26. The predicted molar refractivity (Wildman–Crippen MR) is 94.8 cm³/mol. The van der Waals surface area contributed by atoms with Gasteiger partial charge in [-0.15, -0.1) is 0 Å². The molecule has 0 aliphatic heterocycles. The fourth-order valence-corrected chi connectivity index (χ4v) is 2.43. The van der Waals surface area contributed by atoms with E-state index in [2.05, 4.69) is 38.9 Å². The van der Waals surface area contributed by atoms with E-state index in [1.165, 1.54) is 11.9 Å². The van der Waals surface area contributed by atoms with Crippen LogP contribution in [0.2, 0.25) is 0 Å². The predicted octanol–water partition coefficient (Wildman–Crippen LogP) is 2.63. The number of rotatable bonds is 6. The number of ether oxygens (including phenoxy) is 2. The van der Waals surface area contributed by atoms with Gasteiger partial charge in [-0.05, 0) is 31.3 Å². The molecular formula is C19H20N4O2. The van der Waals surface area contributed by atoms with E-state index in [1.807, 2.05) is 36.6 Å². The minimum atomic E-state index is -0.564. The van der Waals surface area contributed by atoms with Crippen molar-refractivity contribution >= 4 is 11.2 Å². The van der Waals surface area contributed by atoms with Crippen molar-refractivity contribution in [1.82, 2.24) is 19.5 Å². The van der Waals surface area contributed by atoms with E-state index in [0.29, 0.717) is 31.0 Å². The van der Waals surface area contributed by atoms with E-state index < -0.39 is 6.29 Å². The van der Waals surface area contributed by atoms with E-state index in [9.17, 15) is 0 Å². The first kappa shape index (κ1) is 17.1. The molecule has 0 bridgehead atoms. The molecule has 0 spiro atoms. The molecular weight excluding hydrogens is 316 g/mol. The molecule has 2 heterocycles. The van der Waals surface area contributed by atoms with Gasteiger partial charge in [-0.25, -0.2) is 15.0 Å². The van der Waals surface area contributed by atoms with Crippen LogP contribution in [0.15, 0.2) is 43.0 Å². The Bertz CT molecular complexity index is 875. The van der Waals surface area contributed by atoms with E-state index in [1.54, 1.807) is 6.33 Å². The molecule has 1 aromatic carbocycles. The molecule has 0 N–H and O–H groups in total. The van der Waals surface area contributed by atoms with Crippen LogP contribution in [0.4, 0.5) is 0 Å². The molecule has 0 saturated heterocycles. The van der Waals surface area contributed by atoms with Gasteiger partial charge in [-0.1, -0.05) is 30.3 Å². The number of hydrogen-bond donors (Lipinski definition) is 0. The van der Waals surface area contributed by atoms with Gasteiger partial charge in [0.25, 0.3) is 0 Å². The molecule has 0 fully saturated rings. The molecule has 2 aromatic heterocycles. The van der Waals surface area contributed by atoms with Gasteiger partial charge in [0.05, 0.1) is 12.9 Å². The number of nitrogens with zero attached hydrogens (tertiary/aromatic N) is 4. The lowest BCUT2D eigenvalue weighted by Crippen LogP contribution is -2.14. The number of hydrogen-bond acceptors (Lipinski definition) is 5. The van der Waals surface area contributed by atoms with Gasteiger partial charge in [0, 0.05) is 13.2 Å². The largest absolute Gasteiger partial charge is 0.342 e. The maximum atomic E-state index is 5.44. The summed E-state index contributed by atoms with van der Waals surface area (Å²) >= 11 is 0. The summed E-state index contributed by atoms with van der Waals surface area (Å²) in [5, 5.41) is 0. The van der Waals surface area contributed by atoms with Gasteiger partial charge in [0.15, 0.2) is 5.65 Å². The second-order valence-corrected chi connectivity index (χ2v) is 5.26. The third-order valence-corrected chi connectivity index (χ3v) is 3.54. The van der Waals surface area contributed by atoms with Crippen molar-refractivity contribution in [2.24, 2.45) is 0 Å². The molecule has 0 unspecified atom stereocenters. The van der Waals surface area contributed by atoms with Gasteiger partial charge in [-0.2, -0.15) is 0 Å². The summed E-state index contributed by atoms with van der Waals surface area (Å²) in [5.74, 6) is 5.96. The Balaban J connectivity index is 1.89. The van der Waals surface area contributed by atoms with Crippen LogP contribution < -0.4 is 0 Å². The van der Waals surface area contributed by atoms with Crippen LogP contribution in [0.5, 0.6) is 0 Å². The molecule has 6 heteroatoms. The highest BCUT2D eigenvalue weighted by atomic mass is 16.7. The average Bonchev–Trinajstić information content (AvgIpc) is 3.04. The summed E-state index contributed by atoms with van der Waals surface area (Å²) in [6.45, 7) is 5.57. The quantitative estimate of drug-likeness (QED) is 0.511. The zero-order valence-electron chi connectivity index (χ0n) is 14.3. The zero-order valence-corrected chi connectivity index (χ0v) is 14.3. The highest BCUT2D eigenvalue weighted by Gasteiger charge is 2.09. The van der Waals surface area contributed by atoms with E-state index in [-0.39, 0.29) is 0 Å². The van der Waals surface area contributed by atoms with Gasteiger partial charge < -0.3 is 14.0 Å². The smallest absolute Gasteiger partial charge is 0.222 e. The van der Waals surface area contributed by atoms with Gasteiger partial charge >= 0.3 is 0 Å². The van der Waals surface area contributed by atoms with Gasteiger partial charge in [-0.3, -0.25) is 0 Å². The Morgan fingerprint density at radius 2 is 1.80 bits per heavy atom. The van der Waals surface area contributed by atoms with Crippen LogP contribution in [0.1, 0.15) is 25.1 Å². The van der Waals surface area contributed by atoms with Crippen molar-refractivity contribution < 1.29 is 9.47 Å². The Labute approximate surface area is 146 Å². The van der Waals surface area contributed by atoms with Gasteiger partial charge in [0.1, 0.15) is 17.5 Å². The summed E-state index contributed by atoms with van der Waals surface area (Å²) in [6, 6.07) is 10.2. The molecule has 3 rings (SSSR count). The fraction of sp³-hybridized carbons (Fsp3) is 0.316. The minimum absolute atomic E-state index is 0.532. The molecule has 0 radical (unpaired) electrons. The number of aromatic nitrogens is 4. The molecule has 128 valence electrons. The number of benzene rings is 1. The average molecular weight is 336 g/mol. The molecule has 6 nitrogen and oxygen atoms in total. The maximum Gasteiger partial charge on any atom is 0.222 e. The summed E-state index contributed by atoms with van der Waals surface area (Å²) in [5.41, 5.74) is 3.19. The van der Waals surface area contributed by atoms with Crippen molar-refractivity contribution in [3.05, 3.63) is 54.2 Å². The summed E-state index contributed by atoms with van der Waals surface area (Å²) in [6.07, 6.45) is 2.71. The summed E-state index contributed by atoms with van der Waals surface area (Å²) in [7, 11) is 0. The minimum Gasteiger partial charge on any atom is -0.342 e. The van der Waals surface area contributed by atoms with E-state index >= 15 is 0 Å². The number of imidazole rings is 1.